The standard InChI is InChI=1S/C20H22N4/c1-14-5-4-6-17(10-14)13-22-19-7-8-21-20(24-19)23-18-11-15(2)9-16(3)12-18/h4-12H,13H2,1-3H3,(H2,21,22,23,24). The van der Waals surface area contributed by atoms with Crippen molar-refractivity contribution < 1.29 is 0 Å². The molecule has 4 heteroatoms. The van der Waals surface area contributed by atoms with Gasteiger partial charge in [0.05, 0.1) is 0 Å². The minimum atomic E-state index is 0.592. The zero-order valence-corrected chi connectivity index (χ0v) is 14.3. The Kier molecular flexibility index (Phi) is 4.75. The second kappa shape index (κ2) is 7.13. The summed E-state index contributed by atoms with van der Waals surface area (Å²) in [7, 11) is 0. The molecule has 0 saturated heterocycles. The molecule has 0 saturated carbocycles. The van der Waals surface area contributed by atoms with Gasteiger partial charge in [-0.15, -0.1) is 0 Å². The van der Waals surface area contributed by atoms with Crippen molar-refractivity contribution in [1.82, 2.24) is 9.97 Å². The van der Waals surface area contributed by atoms with Gasteiger partial charge in [0.1, 0.15) is 5.82 Å². The van der Waals surface area contributed by atoms with Gasteiger partial charge in [-0.05, 0) is 55.7 Å². The van der Waals surface area contributed by atoms with Crippen molar-refractivity contribution in [3.05, 3.63) is 77.0 Å². The van der Waals surface area contributed by atoms with E-state index in [4.69, 9.17) is 0 Å². The van der Waals surface area contributed by atoms with Gasteiger partial charge in [-0.25, -0.2) is 4.98 Å². The third-order valence-electron chi connectivity index (χ3n) is 3.69. The molecule has 0 aliphatic heterocycles. The lowest BCUT2D eigenvalue weighted by Crippen LogP contribution is -2.04. The lowest BCUT2D eigenvalue weighted by Gasteiger charge is -2.10. The molecule has 0 atom stereocenters. The van der Waals surface area contributed by atoms with E-state index in [1.165, 1.54) is 22.3 Å². The highest BCUT2D eigenvalue weighted by Gasteiger charge is 2.02. The van der Waals surface area contributed by atoms with Crippen LogP contribution in [0, 0.1) is 20.8 Å². The van der Waals surface area contributed by atoms with Crippen LogP contribution in [0.3, 0.4) is 0 Å². The molecule has 0 aliphatic rings. The Labute approximate surface area is 143 Å². The Hall–Kier alpha value is -2.88. The Balaban J connectivity index is 1.69. The molecule has 3 aromatic rings. The van der Waals surface area contributed by atoms with E-state index in [0.29, 0.717) is 5.95 Å². The van der Waals surface area contributed by atoms with Gasteiger partial charge in [-0.2, -0.15) is 4.98 Å². The highest BCUT2D eigenvalue weighted by molar-refractivity contribution is 5.57. The van der Waals surface area contributed by atoms with Crippen LogP contribution in [0.15, 0.2) is 54.7 Å². The fraction of sp³-hybridized carbons (Fsp3) is 0.200. The van der Waals surface area contributed by atoms with E-state index in [-0.39, 0.29) is 0 Å². The lowest BCUT2D eigenvalue weighted by molar-refractivity contribution is 1.08. The van der Waals surface area contributed by atoms with E-state index in [2.05, 4.69) is 83.8 Å². The van der Waals surface area contributed by atoms with Crippen LogP contribution in [-0.4, -0.2) is 9.97 Å². The fourth-order valence-corrected chi connectivity index (χ4v) is 2.71. The van der Waals surface area contributed by atoms with Gasteiger partial charge in [-0.3, -0.25) is 0 Å². The molecule has 2 N–H and O–H groups in total. The molecule has 24 heavy (non-hydrogen) atoms. The monoisotopic (exact) mass is 318 g/mol. The summed E-state index contributed by atoms with van der Waals surface area (Å²) in [5.41, 5.74) is 5.92. The maximum atomic E-state index is 4.53. The third kappa shape index (κ3) is 4.32. The fourth-order valence-electron chi connectivity index (χ4n) is 2.71. The summed E-state index contributed by atoms with van der Waals surface area (Å²) in [6.07, 6.45) is 1.76. The predicted molar refractivity (Wildman–Crippen MR) is 99.7 cm³/mol. The summed E-state index contributed by atoms with van der Waals surface area (Å²) in [6.45, 7) is 7.00. The number of hydrogen-bond donors (Lipinski definition) is 2. The number of hydrogen-bond acceptors (Lipinski definition) is 4. The quantitative estimate of drug-likeness (QED) is 0.712. The van der Waals surface area contributed by atoms with Crippen LogP contribution in [0.1, 0.15) is 22.3 Å². The largest absolute Gasteiger partial charge is 0.366 e. The number of nitrogens with zero attached hydrogens (tertiary/aromatic N) is 2. The molecule has 1 heterocycles. The first-order chi connectivity index (χ1) is 11.6. The van der Waals surface area contributed by atoms with Crippen molar-refractivity contribution in [2.24, 2.45) is 0 Å². The van der Waals surface area contributed by atoms with Crippen LogP contribution in [0.25, 0.3) is 0 Å². The number of aromatic nitrogens is 2. The van der Waals surface area contributed by atoms with Gasteiger partial charge >= 0.3 is 0 Å². The molecular formula is C20H22N4. The van der Waals surface area contributed by atoms with Crippen LogP contribution in [0.2, 0.25) is 0 Å². The van der Waals surface area contributed by atoms with E-state index < -0.39 is 0 Å². The van der Waals surface area contributed by atoms with Crippen molar-refractivity contribution in [1.29, 1.82) is 0 Å². The highest BCUT2D eigenvalue weighted by Crippen LogP contribution is 2.18. The molecule has 0 aliphatic carbocycles. The second-order valence-corrected chi connectivity index (χ2v) is 6.11. The van der Waals surface area contributed by atoms with Gasteiger partial charge in [-0.1, -0.05) is 35.9 Å². The molecule has 0 spiro atoms. The van der Waals surface area contributed by atoms with Crippen LogP contribution in [0.4, 0.5) is 17.5 Å². The maximum absolute atomic E-state index is 4.53. The van der Waals surface area contributed by atoms with E-state index in [9.17, 15) is 0 Å². The first-order valence-electron chi connectivity index (χ1n) is 8.06. The molecular weight excluding hydrogens is 296 g/mol. The number of benzene rings is 2. The Morgan fingerprint density at radius 1 is 0.875 bits per heavy atom. The molecule has 0 fully saturated rings. The third-order valence-corrected chi connectivity index (χ3v) is 3.69. The summed E-state index contributed by atoms with van der Waals surface area (Å²) in [5.74, 6) is 1.40. The molecule has 3 rings (SSSR count). The van der Waals surface area contributed by atoms with Crippen molar-refractivity contribution in [3.63, 3.8) is 0 Å². The number of rotatable bonds is 5. The SMILES string of the molecule is Cc1cccc(CNc2ccnc(Nc3cc(C)cc(C)c3)n2)c1. The Bertz CT molecular complexity index is 822. The molecule has 122 valence electrons. The van der Waals surface area contributed by atoms with Crippen LogP contribution >= 0.6 is 0 Å². The van der Waals surface area contributed by atoms with Gasteiger partial charge in [0.2, 0.25) is 5.95 Å². The Morgan fingerprint density at radius 3 is 2.42 bits per heavy atom. The normalized spacial score (nSPS) is 10.5. The molecule has 0 radical (unpaired) electrons. The van der Waals surface area contributed by atoms with E-state index in [1.54, 1.807) is 6.20 Å². The average Bonchev–Trinajstić information content (AvgIpc) is 2.52. The molecule has 0 unspecified atom stereocenters. The minimum absolute atomic E-state index is 0.592. The number of nitrogens with one attached hydrogen (secondary N) is 2. The van der Waals surface area contributed by atoms with E-state index >= 15 is 0 Å². The predicted octanol–water partition coefficient (Wildman–Crippen LogP) is 4.76. The first kappa shape index (κ1) is 16.0. The van der Waals surface area contributed by atoms with E-state index in [1.807, 2.05) is 6.07 Å². The number of anilines is 3. The van der Waals surface area contributed by atoms with Crippen LogP contribution in [-0.2, 0) is 6.54 Å². The summed E-state index contributed by atoms with van der Waals surface area (Å²) in [5, 5.41) is 6.62. The van der Waals surface area contributed by atoms with Crippen molar-refractivity contribution in [2.75, 3.05) is 10.6 Å². The summed E-state index contributed by atoms with van der Waals surface area (Å²) in [6, 6.07) is 16.6. The topological polar surface area (TPSA) is 49.8 Å². The molecule has 0 bridgehead atoms. The summed E-state index contributed by atoms with van der Waals surface area (Å²) < 4.78 is 0. The Morgan fingerprint density at radius 2 is 1.67 bits per heavy atom. The van der Waals surface area contributed by atoms with Crippen LogP contribution < -0.4 is 10.6 Å². The van der Waals surface area contributed by atoms with E-state index in [0.717, 1.165) is 18.1 Å². The maximum Gasteiger partial charge on any atom is 0.229 e. The molecule has 4 nitrogen and oxygen atoms in total. The average molecular weight is 318 g/mol. The summed E-state index contributed by atoms with van der Waals surface area (Å²) in [4.78, 5) is 8.83. The first-order valence-corrected chi connectivity index (χ1v) is 8.06. The van der Waals surface area contributed by atoms with Crippen molar-refractivity contribution in [2.45, 2.75) is 27.3 Å². The number of aryl methyl sites for hydroxylation is 3. The minimum Gasteiger partial charge on any atom is -0.366 e. The zero-order chi connectivity index (χ0) is 16.9. The van der Waals surface area contributed by atoms with Gasteiger partial charge in [0, 0.05) is 18.4 Å². The van der Waals surface area contributed by atoms with Gasteiger partial charge in [0.25, 0.3) is 0 Å². The van der Waals surface area contributed by atoms with Gasteiger partial charge in [0.15, 0.2) is 0 Å². The lowest BCUT2D eigenvalue weighted by atomic mass is 10.1. The zero-order valence-electron chi connectivity index (χ0n) is 14.3. The molecule has 2 aromatic carbocycles. The van der Waals surface area contributed by atoms with Crippen molar-refractivity contribution >= 4 is 17.5 Å². The van der Waals surface area contributed by atoms with Gasteiger partial charge < -0.3 is 10.6 Å². The van der Waals surface area contributed by atoms with Crippen molar-refractivity contribution in [3.8, 4) is 0 Å². The smallest absolute Gasteiger partial charge is 0.229 e. The highest BCUT2D eigenvalue weighted by atomic mass is 15.1. The molecule has 0 amide bonds. The summed E-state index contributed by atoms with van der Waals surface area (Å²) >= 11 is 0. The van der Waals surface area contributed by atoms with Crippen LogP contribution in [0.5, 0.6) is 0 Å². The second-order valence-electron chi connectivity index (χ2n) is 6.11. The molecule has 1 aromatic heterocycles.